The van der Waals surface area contributed by atoms with Crippen LogP contribution in [0, 0.1) is 6.92 Å². The molecule has 1 aromatic heterocycles. The van der Waals surface area contributed by atoms with E-state index >= 15 is 0 Å². The number of H-pyrrole nitrogens is 1. The van der Waals surface area contributed by atoms with Gasteiger partial charge in [0.05, 0.1) is 12.2 Å². The second-order valence-corrected chi connectivity index (χ2v) is 6.03. The van der Waals surface area contributed by atoms with Crippen LogP contribution in [0.2, 0.25) is 5.02 Å². The number of nitrogens with one attached hydrogen (secondary N) is 2. The standard InChI is InChI=1S/C18H16ClN3/c1-11-3-2-4-12(9-11)17-16(18-20-7-8-21-18)14-10-13(19)5-6-15(14)22-17/h2-6,9-10,22H,7-8H2,1H3,(H,20,21). The summed E-state index contributed by atoms with van der Waals surface area (Å²) in [5.74, 6) is 0.949. The van der Waals surface area contributed by atoms with E-state index < -0.39 is 0 Å². The summed E-state index contributed by atoms with van der Waals surface area (Å²) in [6.45, 7) is 3.81. The average Bonchev–Trinajstić information content (AvgIpc) is 3.13. The summed E-state index contributed by atoms with van der Waals surface area (Å²) >= 11 is 6.20. The molecule has 2 N–H and O–H groups in total. The third kappa shape index (κ3) is 2.18. The zero-order valence-corrected chi connectivity index (χ0v) is 13.0. The highest BCUT2D eigenvalue weighted by Gasteiger charge is 2.20. The first-order valence-electron chi connectivity index (χ1n) is 7.39. The van der Waals surface area contributed by atoms with Gasteiger partial charge in [-0.15, -0.1) is 0 Å². The number of aliphatic imine (C=N–C) groups is 1. The van der Waals surface area contributed by atoms with Gasteiger partial charge < -0.3 is 10.3 Å². The highest BCUT2D eigenvalue weighted by Crippen LogP contribution is 2.33. The first kappa shape index (κ1) is 13.4. The van der Waals surface area contributed by atoms with Crippen LogP contribution in [0.4, 0.5) is 0 Å². The Morgan fingerprint density at radius 3 is 2.82 bits per heavy atom. The van der Waals surface area contributed by atoms with Gasteiger partial charge in [0.2, 0.25) is 0 Å². The van der Waals surface area contributed by atoms with Crippen LogP contribution in [0.3, 0.4) is 0 Å². The normalized spacial score (nSPS) is 14.2. The molecule has 0 radical (unpaired) electrons. The summed E-state index contributed by atoms with van der Waals surface area (Å²) in [5.41, 5.74) is 5.68. The summed E-state index contributed by atoms with van der Waals surface area (Å²) in [7, 11) is 0. The molecule has 3 aromatic rings. The Bertz CT molecular complexity index is 892. The van der Waals surface area contributed by atoms with Crippen LogP contribution in [0.15, 0.2) is 47.5 Å². The molecule has 0 amide bonds. The number of aromatic nitrogens is 1. The van der Waals surface area contributed by atoms with Crippen molar-refractivity contribution >= 4 is 28.3 Å². The third-order valence-electron chi connectivity index (χ3n) is 3.98. The number of hydrogen-bond acceptors (Lipinski definition) is 2. The minimum Gasteiger partial charge on any atom is -0.368 e. The zero-order chi connectivity index (χ0) is 15.1. The number of fused-ring (bicyclic) bond motifs is 1. The van der Waals surface area contributed by atoms with Gasteiger partial charge in [0, 0.05) is 28.0 Å². The lowest BCUT2D eigenvalue weighted by Crippen LogP contribution is -2.19. The van der Waals surface area contributed by atoms with Crippen LogP contribution in [-0.2, 0) is 0 Å². The highest BCUT2D eigenvalue weighted by atomic mass is 35.5. The molecule has 0 unspecified atom stereocenters. The molecular weight excluding hydrogens is 294 g/mol. The Balaban J connectivity index is 2.03. The molecule has 110 valence electrons. The van der Waals surface area contributed by atoms with Crippen molar-refractivity contribution in [3.05, 3.63) is 58.6 Å². The van der Waals surface area contributed by atoms with Crippen LogP contribution in [0.25, 0.3) is 22.2 Å². The highest BCUT2D eigenvalue weighted by molar-refractivity contribution is 6.31. The second kappa shape index (κ2) is 5.18. The van der Waals surface area contributed by atoms with E-state index in [1.165, 1.54) is 11.1 Å². The van der Waals surface area contributed by atoms with Gasteiger partial charge in [-0.1, -0.05) is 35.4 Å². The maximum Gasteiger partial charge on any atom is 0.131 e. The van der Waals surface area contributed by atoms with Crippen molar-refractivity contribution in [2.45, 2.75) is 6.92 Å². The first-order valence-corrected chi connectivity index (χ1v) is 7.77. The van der Waals surface area contributed by atoms with Gasteiger partial charge in [0.25, 0.3) is 0 Å². The lowest BCUT2D eigenvalue weighted by Gasteiger charge is -2.07. The number of aryl methyl sites for hydroxylation is 1. The quantitative estimate of drug-likeness (QED) is 0.733. The Hall–Kier alpha value is -2.26. The minimum atomic E-state index is 0.738. The van der Waals surface area contributed by atoms with Crippen molar-refractivity contribution in [3.8, 4) is 11.3 Å². The Morgan fingerprint density at radius 1 is 1.14 bits per heavy atom. The van der Waals surface area contributed by atoms with Crippen LogP contribution in [0.1, 0.15) is 11.1 Å². The van der Waals surface area contributed by atoms with Crippen LogP contribution < -0.4 is 5.32 Å². The van der Waals surface area contributed by atoms with Crippen molar-refractivity contribution in [3.63, 3.8) is 0 Å². The van der Waals surface area contributed by atoms with Gasteiger partial charge in [0.1, 0.15) is 5.84 Å². The van der Waals surface area contributed by atoms with Gasteiger partial charge in [-0.25, -0.2) is 0 Å². The molecule has 4 heteroatoms. The summed E-state index contributed by atoms with van der Waals surface area (Å²) in [6, 6.07) is 14.4. The van der Waals surface area contributed by atoms with Crippen molar-refractivity contribution in [2.24, 2.45) is 4.99 Å². The predicted octanol–water partition coefficient (Wildman–Crippen LogP) is 4.15. The van der Waals surface area contributed by atoms with Gasteiger partial charge in [0.15, 0.2) is 0 Å². The monoisotopic (exact) mass is 309 g/mol. The maximum atomic E-state index is 6.20. The number of hydrogen-bond donors (Lipinski definition) is 2. The molecular formula is C18H16ClN3. The van der Waals surface area contributed by atoms with Gasteiger partial charge >= 0.3 is 0 Å². The molecule has 0 saturated heterocycles. The fraction of sp³-hybridized carbons (Fsp3) is 0.167. The molecule has 1 aliphatic heterocycles. The Labute approximate surface area is 134 Å². The number of aromatic amines is 1. The maximum absolute atomic E-state index is 6.20. The fourth-order valence-corrected chi connectivity index (χ4v) is 3.16. The van der Waals surface area contributed by atoms with E-state index in [1.807, 2.05) is 18.2 Å². The van der Waals surface area contributed by atoms with E-state index in [0.717, 1.165) is 46.1 Å². The molecule has 2 aromatic carbocycles. The molecule has 22 heavy (non-hydrogen) atoms. The largest absolute Gasteiger partial charge is 0.368 e. The van der Waals surface area contributed by atoms with E-state index in [2.05, 4.69) is 46.5 Å². The van der Waals surface area contributed by atoms with Gasteiger partial charge in [-0.05, 0) is 36.8 Å². The third-order valence-corrected chi connectivity index (χ3v) is 4.21. The molecule has 1 aliphatic rings. The predicted molar refractivity (Wildman–Crippen MR) is 92.9 cm³/mol. The lowest BCUT2D eigenvalue weighted by atomic mass is 10.0. The van der Waals surface area contributed by atoms with Crippen molar-refractivity contribution in [1.82, 2.24) is 10.3 Å². The molecule has 4 rings (SSSR count). The van der Waals surface area contributed by atoms with E-state index in [4.69, 9.17) is 11.6 Å². The molecule has 0 spiro atoms. The molecule has 0 aliphatic carbocycles. The first-order chi connectivity index (χ1) is 10.7. The van der Waals surface area contributed by atoms with Gasteiger partial charge in [-0.2, -0.15) is 0 Å². The average molecular weight is 310 g/mol. The second-order valence-electron chi connectivity index (χ2n) is 5.59. The van der Waals surface area contributed by atoms with Crippen LogP contribution in [-0.4, -0.2) is 23.9 Å². The lowest BCUT2D eigenvalue weighted by molar-refractivity contribution is 0.960. The fourth-order valence-electron chi connectivity index (χ4n) is 2.99. The van der Waals surface area contributed by atoms with Crippen molar-refractivity contribution in [1.29, 1.82) is 0 Å². The SMILES string of the molecule is Cc1cccc(-c2[nH]c3ccc(Cl)cc3c2C2=NCCN2)c1. The molecule has 2 heterocycles. The Morgan fingerprint density at radius 2 is 2.05 bits per heavy atom. The van der Waals surface area contributed by atoms with E-state index in [-0.39, 0.29) is 0 Å². The van der Waals surface area contributed by atoms with Crippen molar-refractivity contribution < 1.29 is 0 Å². The number of halogens is 1. The summed E-state index contributed by atoms with van der Waals surface area (Å²) < 4.78 is 0. The minimum absolute atomic E-state index is 0.738. The topological polar surface area (TPSA) is 40.2 Å². The van der Waals surface area contributed by atoms with E-state index in [0.29, 0.717) is 0 Å². The number of nitrogens with zero attached hydrogens (tertiary/aromatic N) is 1. The smallest absolute Gasteiger partial charge is 0.131 e. The van der Waals surface area contributed by atoms with Crippen LogP contribution >= 0.6 is 11.6 Å². The molecule has 0 atom stereocenters. The number of rotatable bonds is 2. The molecule has 0 bridgehead atoms. The molecule has 0 saturated carbocycles. The summed E-state index contributed by atoms with van der Waals surface area (Å²) in [6.07, 6.45) is 0. The number of benzene rings is 2. The summed E-state index contributed by atoms with van der Waals surface area (Å²) in [5, 5.41) is 5.23. The van der Waals surface area contributed by atoms with Crippen LogP contribution in [0.5, 0.6) is 0 Å². The summed E-state index contributed by atoms with van der Waals surface area (Å²) in [4.78, 5) is 8.14. The van der Waals surface area contributed by atoms with E-state index in [9.17, 15) is 0 Å². The zero-order valence-electron chi connectivity index (χ0n) is 12.3. The van der Waals surface area contributed by atoms with E-state index in [1.54, 1.807) is 0 Å². The molecule has 0 fully saturated rings. The van der Waals surface area contributed by atoms with Gasteiger partial charge in [-0.3, -0.25) is 4.99 Å². The number of amidine groups is 1. The van der Waals surface area contributed by atoms with Crippen molar-refractivity contribution in [2.75, 3.05) is 13.1 Å². The Kier molecular flexibility index (Phi) is 3.16. The molecule has 3 nitrogen and oxygen atoms in total.